The van der Waals surface area contributed by atoms with Gasteiger partial charge in [-0.1, -0.05) is 6.07 Å². The fourth-order valence-electron chi connectivity index (χ4n) is 1.68. The third-order valence-electron chi connectivity index (χ3n) is 3.13. The van der Waals surface area contributed by atoms with Crippen molar-refractivity contribution in [1.29, 1.82) is 0 Å². The summed E-state index contributed by atoms with van der Waals surface area (Å²) in [5, 5.41) is 22.0. The molecule has 0 radical (unpaired) electrons. The van der Waals surface area contributed by atoms with Gasteiger partial charge in [-0.2, -0.15) is 0 Å². The summed E-state index contributed by atoms with van der Waals surface area (Å²) < 4.78 is 0. The molecule has 0 aliphatic carbocycles. The molecule has 170 valence electrons. The summed E-state index contributed by atoms with van der Waals surface area (Å²) in [6.45, 7) is -0.528. The topological polar surface area (TPSA) is 172 Å². The smallest absolute Gasteiger partial charge is 0.0267 e. The standard InChI is InChI=1S/C12H22AsN3O6S.C5H5N.ClH/c1-13(2)23-6-8(11(20)15-5-10(18)19)16-9(17)4-3-7(14)12(21)22;1-2-4-6-5-3-1;/h7-8H,3-6,14H2,1-2H3,(H,15,20)(H,16,17)(H,18,19)(H,21,22);1-5H;1H/t7-,8-;;/m0../s1. The Balaban J connectivity index is 0. The molecule has 0 aliphatic rings. The van der Waals surface area contributed by atoms with Crippen molar-refractivity contribution in [3.63, 3.8) is 0 Å². The van der Waals surface area contributed by atoms with Crippen LogP contribution in [-0.4, -0.2) is 76.8 Å². The van der Waals surface area contributed by atoms with Gasteiger partial charge in [-0.25, -0.2) is 0 Å². The van der Waals surface area contributed by atoms with Gasteiger partial charge in [-0.15, -0.1) is 12.4 Å². The molecule has 1 aromatic rings. The minimum Gasteiger partial charge on any atom is -0.265 e. The van der Waals surface area contributed by atoms with Crippen molar-refractivity contribution in [2.75, 3.05) is 12.3 Å². The molecule has 2 atom stereocenters. The summed E-state index contributed by atoms with van der Waals surface area (Å²) in [4.78, 5) is 48.6. The zero-order valence-electron chi connectivity index (χ0n) is 16.7. The third-order valence-corrected chi connectivity index (χ3v) is 8.32. The number of amides is 2. The Labute approximate surface area is 189 Å². The van der Waals surface area contributed by atoms with Crippen LogP contribution in [0.2, 0.25) is 11.4 Å². The Bertz CT molecular complexity index is 630. The summed E-state index contributed by atoms with van der Waals surface area (Å²) >= 11 is -1.09. The molecule has 1 aromatic heterocycles. The van der Waals surface area contributed by atoms with Gasteiger partial charge in [0.05, 0.1) is 0 Å². The summed E-state index contributed by atoms with van der Waals surface area (Å²) in [5.41, 5.74) is 9.45. The van der Waals surface area contributed by atoms with Crippen LogP contribution in [0.4, 0.5) is 0 Å². The Morgan fingerprint density at radius 3 is 2.13 bits per heavy atom. The van der Waals surface area contributed by atoms with Crippen molar-refractivity contribution < 1.29 is 29.4 Å². The van der Waals surface area contributed by atoms with Crippen molar-refractivity contribution in [3.05, 3.63) is 30.6 Å². The van der Waals surface area contributed by atoms with E-state index in [1.54, 1.807) is 22.4 Å². The molecule has 0 fully saturated rings. The molecule has 2 amide bonds. The first-order chi connectivity index (χ1) is 13.6. The van der Waals surface area contributed by atoms with Crippen LogP contribution in [-0.2, 0) is 19.2 Å². The largest absolute Gasteiger partial charge is 0.265 e. The number of pyridine rings is 1. The van der Waals surface area contributed by atoms with Crippen LogP contribution in [0.25, 0.3) is 0 Å². The number of aromatic nitrogens is 1. The number of carboxylic acid groups (broad SMARTS) is 2. The molecule has 6 N–H and O–H groups in total. The Morgan fingerprint density at radius 2 is 1.73 bits per heavy atom. The normalized spacial score (nSPS) is 11.7. The predicted molar refractivity (Wildman–Crippen MR) is 119 cm³/mol. The van der Waals surface area contributed by atoms with E-state index in [1.165, 1.54) is 0 Å². The second-order valence-corrected chi connectivity index (χ2v) is 15.3. The minimum atomic E-state index is -1.20. The molecule has 0 saturated carbocycles. The van der Waals surface area contributed by atoms with Crippen LogP contribution < -0.4 is 16.4 Å². The summed E-state index contributed by atoms with van der Waals surface area (Å²) in [6.07, 6.45) is 3.33. The molecule has 1 heterocycles. The summed E-state index contributed by atoms with van der Waals surface area (Å²) in [5.74, 6) is -3.11. The van der Waals surface area contributed by atoms with Crippen LogP contribution in [0.15, 0.2) is 30.6 Å². The molecule has 0 spiro atoms. The molecular weight excluding hydrogens is 499 g/mol. The Hall–Kier alpha value is -1.81. The van der Waals surface area contributed by atoms with Gasteiger partial charge in [0.2, 0.25) is 0 Å². The van der Waals surface area contributed by atoms with E-state index in [0.717, 1.165) is 0 Å². The van der Waals surface area contributed by atoms with Crippen LogP contribution in [0.3, 0.4) is 0 Å². The average Bonchev–Trinajstić information content (AvgIpc) is 2.68. The summed E-state index contributed by atoms with van der Waals surface area (Å²) in [6, 6.07) is 3.72. The maximum Gasteiger partial charge on any atom is 0.0267 e. The zero-order chi connectivity index (χ0) is 22.2. The first-order valence-corrected chi connectivity index (χ1v) is 15.5. The molecular formula is C17H28AsClN4O6S. The van der Waals surface area contributed by atoms with Crippen LogP contribution in [0, 0.1) is 0 Å². The number of nitrogens with zero attached hydrogens (tertiary/aromatic N) is 1. The molecule has 0 unspecified atom stereocenters. The molecule has 0 bridgehead atoms. The fourth-order valence-corrected chi connectivity index (χ4v) is 5.18. The van der Waals surface area contributed by atoms with Crippen molar-refractivity contribution in [1.82, 2.24) is 15.6 Å². The van der Waals surface area contributed by atoms with Gasteiger partial charge >= 0.3 is 142 Å². The van der Waals surface area contributed by atoms with Crippen molar-refractivity contribution in [2.24, 2.45) is 5.73 Å². The maximum atomic E-state index is 11.9. The average molecular weight is 527 g/mol. The predicted octanol–water partition coefficient (Wildman–Crippen LogP) is 0.352. The van der Waals surface area contributed by atoms with Crippen molar-refractivity contribution >= 4 is 59.7 Å². The number of carbonyl (C=O) groups excluding carboxylic acids is 2. The Kier molecular flexibility index (Phi) is 18.2. The van der Waals surface area contributed by atoms with E-state index in [0.29, 0.717) is 5.75 Å². The van der Waals surface area contributed by atoms with Gasteiger partial charge in [0.15, 0.2) is 0 Å². The van der Waals surface area contributed by atoms with Gasteiger partial charge < -0.3 is 0 Å². The van der Waals surface area contributed by atoms with Gasteiger partial charge in [0.25, 0.3) is 0 Å². The molecule has 0 aliphatic heterocycles. The van der Waals surface area contributed by atoms with Gasteiger partial charge in [-0.05, 0) is 12.1 Å². The zero-order valence-corrected chi connectivity index (χ0v) is 20.2. The second kappa shape index (κ2) is 18.0. The molecule has 0 saturated heterocycles. The summed E-state index contributed by atoms with van der Waals surface area (Å²) in [7, 11) is 1.58. The number of hydrogen-bond donors (Lipinski definition) is 5. The number of nitrogens with one attached hydrogen (secondary N) is 2. The molecule has 10 nitrogen and oxygen atoms in total. The molecule has 30 heavy (non-hydrogen) atoms. The van der Waals surface area contributed by atoms with Gasteiger partial charge in [0, 0.05) is 12.4 Å². The fraction of sp³-hybridized carbons (Fsp3) is 0.471. The van der Waals surface area contributed by atoms with E-state index in [9.17, 15) is 19.2 Å². The molecule has 1 rings (SSSR count). The van der Waals surface area contributed by atoms with E-state index in [2.05, 4.69) is 27.0 Å². The number of hydrogen-bond acceptors (Lipinski definition) is 7. The van der Waals surface area contributed by atoms with Crippen molar-refractivity contribution in [2.45, 2.75) is 36.3 Å². The second-order valence-electron chi connectivity index (χ2n) is 5.85. The first-order valence-electron chi connectivity index (χ1n) is 8.56. The van der Waals surface area contributed by atoms with Crippen molar-refractivity contribution in [3.8, 4) is 0 Å². The number of carboxylic acids is 2. The number of rotatable bonds is 11. The third kappa shape index (κ3) is 17.1. The number of nitrogens with two attached hydrogens (primary N) is 1. The quantitative estimate of drug-likeness (QED) is 0.255. The maximum absolute atomic E-state index is 11.9. The number of halogens is 1. The van der Waals surface area contributed by atoms with E-state index in [1.807, 2.05) is 18.2 Å². The van der Waals surface area contributed by atoms with E-state index < -0.39 is 55.9 Å². The minimum absolute atomic E-state index is 0. The van der Waals surface area contributed by atoms with E-state index in [-0.39, 0.29) is 25.2 Å². The molecule has 13 heteroatoms. The first kappa shape index (κ1) is 30.4. The van der Waals surface area contributed by atoms with Gasteiger partial charge in [-0.3, -0.25) is 4.98 Å². The van der Waals surface area contributed by atoms with E-state index >= 15 is 0 Å². The number of aliphatic carboxylic acids is 2. The van der Waals surface area contributed by atoms with Crippen LogP contribution in [0.5, 0.6) is 0 Å². The Morgan fingerprint density at radius 1 is 1.13 bits per heavy atom. The van der Waals surface area contributed by atoms with Crippen LogP contribution in [0.1, 0.15) is 12.8 Å². The van der Waals surface area contributed by atoms with Gasteiger partial charge in [0.1, 0.15) is 0 Å². The van der Waals surface area contributed by atoms with Crippen LogP contribution >= 0.6 is 22.4 Å². The van der Waals surface area contributed by atoms with E-state index in [4.69, 9.17) is 15.9 Å². The molecule has 0 aromatic carbocycles. The monoisotopic (exact) mass is 526 g/mol. The SMILES string of the molecule is C[As](C)SC[C@H](NC(=O)CC[C@H](N)C(=O)O)C(=O)NCC(=O)O.Cl.c1ccncc1. The number of carbonyl (C=O) groups is 4.